The summed E-state index contributed by atoms with van der Waals surface area (Å²) >= 11 is 0. The maximum atomic E-state index is 11.8. The van der Waals surface area contributed by atoms with Crippen LogP contribution in [0.3, 0.4) is 0 Å². The lowest BCUT2D eigenvalue weighted by molar-refractivity contribution is -0.147. The molecule has 0 aromatic carbocycles. The van der Waals surface area contributed by atoms with Crippen LogP contribution in [0.25, 0.3) is 0 Å². The molecule has 0 aliphatic carbocycles. The molecule has 0 spiro atoms. The van der Waals surface area contributed by atoms with Gasteiger partial charge in [0.1, 0.15) is 6.29 Å². The van der Waals surface area contributed by atoms with Gasteiger partial charge in [0, 0.05) is 67.0 Å². The Morgan fingerprint density at radius 2 is 1.52 bits per heavy atom. The molecule has 0 amide bonds. The molecule has 0 aliphatic rings. The molecule has 0 radical (unpaired) electrons. The molecule has 0 bridgehead atoms. The summed E-state index contributed by atoms with van der Waals surface area (Å²) in [5.41, 5.74) is 0. The molecule has 0 saturated heterocycles. The van der Waals surface area contributed by atoms with Gasteiger partial charge in [-0.2, -0.15) is 0 Å². The van der Waals surface area contributed by atoms with Gasteiger partial charge in [0.25, 0.3) is 0 Å². The van der Waals surface area contributed by atoms with Gasteiger partial charge in [0.2, 0.25) is 0 Å². The average molecular weight is 362 g/mol. The Hall–Kier alpha value is -1.02. The Balaban J connectivity index is 4.83. The minimum Gasteiger partial charge on any atom is -0.465 e. The fourth-order valence-electron chi connectivity index (χ4n) is 2.87. The second-order valence-electron chi connectivity index (χ2n) is 6.07. The van der Waals surface area contributed by atoms with Crippen molar-refractivity contribution in [1.29, 1.82) is 0 Å². The molecule has 3 atom stereocenters. The van der Waals surface area contributed by atoms with Crippen LogP contribution < -0.4 is 0 Å². The monoisotopic (exact) mass is 362 g/mol. The minimum absolute atomic E-state index is 0.00280. The van der Waals surface area contributed by atoms with E-state index >= 15 is 0 Å². The number of carbonyl (C=O) groups is 2. The lowest BCUT2D eigenvalue weighted by atomic mass is 9.81. The summed E-state index contributed by atoms with van der Waals surface area (Å²) in [5.74, 6) is 0.0259. The highest BCUT2D eigenvalue weighted by molar-refractivity contribution is 5.69. The van der Waals surface area contributed by atoms with Crippen LogP contribution in [-0.4, -0.2) is 73.7 Å². The third-order valence-electron chi connectivity index (χ3n) is 4.19. The van der Waals surface area contributed by atoms with Crippen molar-refractivity contribution >= 4 is 12.3 Å². The van der Waals surface area contributed by atoms with E-state index in [0.29, 0.717) is 39.3 Å². The molecule has 25 heavy (non-hydrogen) atoms. The van der Waals surface area contributed by atoms with Crippen molar-refractivity contribution in [2.45, 2.75) is 25.7 Å². The van der Waals surface area contributed by atoms with Crippen LogP contribution in [0.2, 0.25) is 0 Å². The van der Waals surface area contributed by atoms with Crippen LogP contribution >= 0.6 is 0 Å². The van der Waals surface area contributed by atoms with Crippen molar-refractivity contribution in [3.05, 3.63) is 0 Å². The Morgan fingerprint density at radius 3 is 2.08 bits per heavy atom. The van der Waals surface area contributed by atoms with Gasteiger partial charge in [-0.3, -0.25) is 4.79 Å². The average Bonchev–Trinajstić information content (AvgIpc) is 2.61. The highest BCUT2D eigenvalue weighted by Gasteiger charge is 2.30. The summed E-state index contributed by atoms with van der Waals surface area (Å²) in [6.07, 6.45) is 2.76. The molecule has 0 heterocycles. The first-order valence-electron chi connectivity index (χ1n) is 8.69. The number of esters is 1. The number of hydrogen-bond donors (Lipinski definition) is 0. The molecule has 0 saturated carbocycles. The summed E-state index contributed by atoms with van der Waals surface area (Å²) in [6.45, 7) is 2.44. The molecule has 0 rings (SSSR count). The zero-order valence-corrected chi connectivity index (χ0v) is 16.0. The molecule has 0 aromatic heterocycles. The second-order valence-corrected chi connectivity index (χ2v) is 6.07. The third-order valence-corrected chi connectivity index (χ3v) is 4.19. The lowest BCUT2D eigenvalue weighted by Gasteiger charge is -2.32. The van der Waals surface area contributed by atoms with Crippen LogP contribution in [-0.2, 0) is 33.3 Å². The number of methoxy groups -OCH3 is 4. The molecule has 3 unspecified atom stereocenters. The fourth-order valence-corrected chi connectivity index (χ4v) is 2.87. The summed E-state index contributed by atoms with van der Waals surface area (Å²) in [4.78, 5) is 22.1. The second kappa shape index (κ2) is 16.4. The summed E-state index contributed by atoms with van der Waals surface area (Å²) in [6, 6.07) is 0. The number of ether oxygens (including phenoxy) is 5. The van der Waals surface area contributed by atoms with Crippen LogP contribution in [0.5, 0.6) is 0 Å². The van der Waals surface area contributed by atoms with Crippen LogP contribution in [0.1, 0.15) is 25.7 Å². The molecule has 0 N–H and O–H groups in total. The number of carbonyl (C=O) groups excluding carboxylic acids is 2. The first-order valence-corrected chi connectivity index (χ1v) is 8.69. The predicted octanol–water partition coefficient (Wildman–Crippen LogP) is 1.72. The lowest BCUT2D eigenvalue weighted by Crippen LogP contribution is -2.36. The van der Waals surface area contributed by atoms with Gasteiger partial charge in [-0.15, -0.1) is 0 Å². The largest absolute Gasteiger partial charge is 0.465 e. The summed E-state index contributed by atoms with van der Waals surface area (Å²) in [5, 5.41) is 0. The van der Waals surface area contributed by atoms with Crippen molar-refractivity contribution in [1.82, 2.24) is 0 Å². The van der Waals surface area contributed by atoms with Crippen LogP contribution in [0, 0.1) is 17.8 Å². The maximum absolute atomic E-state index is 11.8. The molecule has 0 aliphatic heterocycles. The van der Waals surface area contributed by atoms with E-state index in [-0.39, 0.29) is 36.8 Å². The summed E-state index contributed by atoms with van der Waals surface area (Å²) in [7, 11) is 6.62. The van der Waals surface area contributed by atoms with E-state index in [0.717, 1.165) is 12.7 Å². The number of aldehydes is 1. The standard InChI is InChI=1S/C18H34O7/c1-21-10-8-15(11-22-2)17(14-24-4)16(12-23-3)13-25-18(20)7-5-6-9-19/h9,15-17H,5-8,10-14H2,1-4H3. The normalized spacial score (nSPS) is 14.7. The minimum atomic E-state index is -0.292. The predicted molar refractivity (Wildman–Crippen MR) is 93.5 cm³/mol. The third kappa shape index (κ3) is 11.3. The van der Waals surface area contributed by atoms with Gasteiger partial charge < -0.3 is 28.5 Å². The topological polar surface area (TPSA) is 80.3 Å². The molecular formula is C18H34O7. The smallest absolute Gasteiger partial charge is 0.305 e. The van der Waals surface area contributed by atoms with Crippen LogP contribution in [0.15, 0.2) is 0 Å². The van der Waals surface area contributed by atoms with Crippen molar-refractivity contribution in [2.24, 2.45) is 17.8 Å². The van der Waals surface area contributed by atoms with Gasteiger partial charge in [-0.05, 0) is 24.7 Å². The van der Waals surface area contributed by atoms with Gasteiger partial charge in [0.05, 0.1) is 13.2 Å². The molecule has 0 aromatic rings. The number of unbranched alkanes of at least 4 members (excludes halogenated alkanes) is 1. The summed E-state index contributed by atoms with van der Waals surface area (Å²) < 4.78 is 26.7. The van der Waals surface area contributed by atoms with Crippen molar-refractivity contribution in [3.8, 4) is 0 Å². The highest BCUT2D eigenvalue weighted by atomic mass is 16.5. The maximum Gasteiger partial charge on any atom is 0.305 e. The zero-order chi connectivity index (χ0) is 18.9. The first kappa shape index (κ1) is 24.0. The van der Waals surface area contributed by atoms with Gasteiger partial charge >= 0.3 is 5.97 Å². The molecule has 7 heteroatoms. The van der Waals surface area contributed by atoms with Gasteiger partial charge in [-0.25, -0.2) is 0 Å². The van der Waals surface area contributed by atoms with Gasteiger partial charge in [0.15, 0.2) is 0 Å². The first-order chi connectivity index (χ1) is 12.1. The van der Waals surface area contributed by atoms with Crippen molar-refractivity contribution in [2.75, 3.05) is 61.5 Å². The molecule has 148 valence electrons. The van der Waals surface area contributed by atoms with E-state index in [1.807, 2.05) is 0 Å². The van der Waals surface area contributed by atoms with Crippen molar-refractivity contribution in [3.63, 3.8) is 0 Å². The highest BCUT2D eigenvalue weighted by Crippen LogP contribution is 2.26. The van der Waals surface area contributed by atoms with E-state index in [9.17, 15) is 9.59 Å². The number of hydrogen-bond acceptors (Lipinski definition) is 7. The molecule has 0 fully saturated rings. The Labute approximate surface area is 151 Å². The molecule has 7 nitrogen and oxygen atoms in total. The quantitative estimate of drug-likeness (QED) is 0.221. The Kier molecular flexibility index (Phi) is 15.8. The zero-order valence-electron chi connectivity index (χ0n) is 16.0. The van der Waals surface area contributed by atoms with E-state index < -0.39 is 0 Å². The van der Waals surface area contributed by atoms with E-state index in [1.54, 1.807) is 28.4 Å². The van der Waals surface area contributed by atoms with Crippen molar-refractivity contribution < 1.29 is 33.3 Å². The van der Waals surface area contributed by atoms with Crippen LogP contribution in [0.4, 0.5) is 0 Å². The van der Waals surface area contributed by atoms with E-state index in [2.05, 4.69) is 0 Å². The fraction of sp³-hybridized carbons (Fsp3) is 0.889. The Bertz CT molecular complexity index is 335. The van der Waals surface area contributed by atoms with E-state index in [4.69, 9.17) is 23.7 Å². The molecular weight excluding hydrogens is 328 g/mol. The number of rotatable bonds is 17. The Morgan fingerprint density at radius 1 is 0.880 bits per heavy atom. The van der Waals surface area contributed by atoms with Gasteiger partial charge in [-0.1, -0.05) is 0 Å². The SMILES string of the molecule is COCCC(COC)C(COC)C(COC)COC(=O)CCCC=O. The van der Waals surface area contributed by atoms with E-state index in [1.165, 1.54) is 0 Å².